The van der Waals surface area contributed by atoms with Crippen molar-refractivity contribution in [2.75, 3.05) is 12.8 Å². The summed E-state index contributed by atoms with van der Waals surface area (Å²) in [6.45, 7) is 3.91. The SMILES string of the molecule is Cc1nc2nc(N)nn2c(C)c1CCC(=O)N(C)C1CCCc2ccccc21. The minimum Gasteiger partial charge on any atom is -0.366 e. The Morgan fingerprint density at radius 3 is 2.89 bits per heavy atom. The van der Waals surface area contributed by atoms with E-state index in [0.29, 0.717) is 18.6 Å². The summed E-state index contributed by atoms with van der Waals surface area (Å²) < 4.78 is 1.66. The van der Waals surface area contributed by atoms with E-state index in [9.17, 15) is 4.79 Å². The van der Waals surface area contributed by atoms with Crippen molar-refractivity contribution < 1.29 is 4.79 Å². The van der Waals surface area contributed by atoms with Gasteiger partial charge in [0.25, 0.3) is 5.78 Å². The number of anilines is 1. The van der Waals surface area contributed by atoms with Crippen molar-refractivity contribution in [1.29, 1.82) is 0 Å². The average Bonchev–Trinajstić information content (AvgIpc) is 3.07. The molecular formula is C21H26N6O. The van der Waals surface area contributed by atoms with Gasteiger partial charge in [-0.25, -0.2) is 4.98 Å². The van der Waals surface area contributed by atoms with Gasteiger partial charge in [0.15, 0.2) is 0 Å². The Balaban J connectivity index is 1.51. The van der Waals surface area contributed by atoms with Gasteiger partial charge in [-0.1, -0.05) is 24.3 Å². The number of amides is 1. The quantitative estimate of drug-likeness (QED) is 0.754. The van der Waals surface area contributed by atoms with Crippen LogP contribution >= 0.6 is 0 Å². The highest BCUT2D eigenvalue weighted by atomic mass is 16.2. The monoisotopic (exact) mass is 378 g/mol. The topological polar surface area (TPSA) is 89.4 Å². The zero-order valence-electron chi connectivity index (χ0n) is 16.6. The largest absolute Gasteiger partial charge is 0.366 e. The van der Waals surface area contributed by atoms with Crippen molar-refractivity contribution >= 4 is 17.6 Å². The molecule has 2 N–H and O–H groups in total. The van der Waals surface area contributed by atoms with Crippen LogP contribution in [0.4, 0.5) is 5.95 Å². The van der Waals surface area contributed by atoms with E-state index in [2.05, 4.69) is 39.3 Å². The van der Waals surface area contributed by atoms with Crippen LogP contribution in [0.25, 0.3) is 5.78 Å². The molecule has 146 valence electrons. The first kappa shape index (κ1) is 18.4. The zero-order valence-corrected chi connectivity index (χ0v) is 16.6. The molecule has 2 heterocycles. The number of carbonyl (C=O) groups excluding carboxylic acids is 1. The number of rotatable bonds is 4. The summed E-state index contributed by atoms with van der Waals surface area (Å²) in [7, 11) is 1.92. The molecule has 0 saturated heterocycles. The van der Waals surface area contributed by atoms with Crippen molar-refractivity contribution in [2.45, 2.75) is 52.0 Å². The fourth-order valence-electron chi connectivity index (χ4n) is 4.30. The highest BCUT2D eigenvalue weighted by molar-refractivity contribution is 5.77. The Morgan fingerprint density at radius 2 is 2.07 bits per heavy atom. The van der Waals surface area contributed by atoms with Gasteiger partial charge in [-0.3, -0.25) is 4.79 Å². The Labute approximate surface area is 164 Å². The van der Waals surface area contributed by atoms with Crippen LogP contribution in [0.2, 0.25) is 0 Å². The van der Waals surface area contributed by atoms with Crippen molar-refractivity contribution in [3.63, 3.8) is 0 Å². The van der Waals surface area contributed by atoms with E-state index in [1.54, 1.807) is 4.52 Å². The molecule has 7 heteroatoms. The first-order chi connectivity index (χ1) is 13.5. The van der Waals surface area contributed by atoms with Gasteiger partial charge in [0, 0.05) is 24.9 Å². The second kappa shape index (κ2) is 7.22. The van der Waals surface area contributed by atoms with Gasteiger partial charge in [-0.05, 0) is 56.2 Å². The molecule has 1 aliphatic rings. The van der Waals surface area contributed by atoms with Crippen LogP contribution in [0.5, 0.6) is 0 Å². The number of nitrogen functional groups attached to an aromatic ring is 1. The van der Waals surface area contributed by atoms with Gasteiger partial charge < -0.3 is 10.6 Å². The molecule has 28 heavy (non-hydrogen) atoms. The zero-order chi connectivity index (χ0) is 19.8. The number of hydrogen-bond acceptors (Lipinski definition) is 5. The molecule has 1 amide bonds. The second-order valence-electron chi connectivity index (χ2n) is 7.55. The molecule has 4 rings (SSSR count). The molecule has 0 radical (unpaired) electrons. The van der Waals surface area contributed by atoms with Crippen molar-refractivity contribution in [2.24, 2.45) is 0 Å². The normalized spacial score (nSPS) is 16.2. The maximum absolute atomic E-state index is 13.0. The highest BCUT2D eigenvalue weighted by Gasteiger charge is 2.26. The van der Waals surface area contributed by atoms with Gasteiger partial charge in [0.05, 0.1) is 6.04 Å². The Hall–Kier alpha value is -2.96. The lowest BCUT2D eigenvalue weighted by atomic mass is 9.87. The minimum absolute atomic E-state index is 0.152. The predicted octanol–water partition coefficient (Wildman–Crippen LogP) is 2.79. The van der Waals surface area contributed by atoms with Crippen LogP contribution in [0.15, 0.2) is 24.3 Å². The van der Waals surface area contributed by atoms with Gasteiger partial charge in [0.2, 0.25) is 11.9 Å². The molecule has 0 spiro atoms. The fraction of sp³-hybridized carbons (Fsp3) is 0.429. The van der Waals surface area contributed by atoms with Crippen molar-refractivity contribution in [1.82, 2.24) is 24.5 Å². The van der Waals surface area contributed by atoms with Gasteiger partial charge in [-0.2, -0.15) is 9.50 Å². The third-order valence-electron chi connectivity index (χ3n) is 5.85. The molecule has 1 unspecified atom stereocenters. The van der Waals surface area contributed by atoms with E-state index in [1.807, 2.05) is 25.8 Å². The summed E-state index contributed by atoms with van der Waals surface area (Å²) in [6.07, 6.45) is 4.29. The standard InChI is InChI=1S/C21H26N6O/c1-13-16(14(2)27-21(23-13)24-20(22)25-27)11-12-19(28)26(3)18-10-6-8-15-7-4-5-9-17(15)18/h4-5,7,9,18H,6,8,10-12H2,1-3H3,(H2,22,25). The van der Waals surface area contributed by atoms with Crippen LogP contribution < -0.4 is 5.73 Å². The number of fused-ring (bicyclic) bond motifs is 2. The number of carbonyl (C=O) groups is 1. The van der Waals surface area contributed by atoms with E-state index >= 15 is 0 Å². The van der Waals surface area contributed by atoms with Crippen molar-refractivity contribution in [3.05, 3.63) is 52.3 Å². The van der Waals surface area contributed by atoms with E-state index in [-0.39, 0.29) is 17.9 Å². The van der Waals surface area contributed by atoms with Crippen LogP contribution in [0.3, 0.4) is 0 Å². The summed E-state index contributed by atoms with van der Waals surface area (Å²) in [4.78, 5) is 23.5. The predicted molar refractivity (Wildman–Crippen MR) is 108 cm³/mol. The number of hydrogen-bond donors (Lipinski definition) is 1. The molecule has 0 saturated carbocycles. The Bertz CT molecular complexity index is 1040. The Morgan fingerprint density at radius 1 is 1.29 bits per heavy atom. The molecule has 0 fully saturated rings. The van der Waals surface area contributed by atoms with Crippen LogP contribution in [-0.4, -0.2) is 37.4 Å². The fourth-order valence-corrected chi connectivity index (χ4v) is 4.30. The van der Waals surface area contributed by atoms with Gasteiger partial charge in [-0.15, -0.1) is 5.10 Å². The summed E-state index contributed by atoms with van der Waals surface area (Å²) in [5.74, 6) is 0.858. The first-order valence-corrected chi connectivity index (χ1v) is 9.77. The number of aryl methyl sites for hydroxylation is 3. The second-order valence-corrected chi connectivity index (χ2v) is 7.55. The first-order valence-electron chi connectivity index (χ1n) is 9.77. The van der Waals surface area contributed by atoms with E-state index in [1.165, 1.54) is 11.1 Å². The summed E-state index contributed by atoms with van der Waals surface area (Å²) in [5, 5.41) is 4.20. The summed E-state index contributed by atoms with van der Waals surface area (Å²) in [6, 6.07) is 8.64. The summed E-state index contributed by atoms with van der Waals surface area (Å²) in [5.41, 5.74) is 11.2. The smallest absolute Gasteiger partial charge is 0.254 e. The number of aromatic nitrogens is 4. The number of nitrogens with zero attached hydrogens (tertiary/aromatic N) is 5. The number of nitrogens with two attached hydrogens (primary N) is 1. The molecule has 1 aliphatic carbocycles. The molecule has 1 aromatic carbocycles. The molecule has 1 atom stereocenters. The molecule has 3 aromatic rings. The molecule has 0 bridgehead atoms. The van der Waals surface area contributed by atoms with Gasteiger partial charge in [0.1, 0.15) is 0 Å². The summed E-state index contributed by atoms with van der Waals surface area (Å²) >= 11 is 0. The van der Waals surface area contributed by atoms with E-state index < -0.39 is 0 Å². The average molecular weight is 378 g/mol. The van der Waals surface area contributed by atoms with Crippen molar-refractivity contribution in [3.8, 4) is 0 Å². The minimum atomic E-state index is 0.152. The van der Waals surface area contributed by atoms with Crippen LogP contribution in [0, 0.1) is 13.8 Å². The van der Waals surface area contributed by atoms with Crippen LogP contribution in [0.1, 0.15) is 53.4 Å². The molecule has 2 aromatic heterocycles. The third-order valence-corrected chi connectivity index (χ3v) is 5.85. The Kier molecular flexibility index (Phi) is 4.75. The molecule has 0 aliphatic heterocycles. The lowest BCUT2D eigenvalue weighted by Crippen LogP contribution is -2.33. The lowest BCUT2D eigenvalue weighted by Gasteiger charge is -2.33. The number of benzene rings is 1. The molecule has 7 nitrogen and oxygen atoms in total. The maximum Gasteiger partial charge on any atom is 0.254 e. The molecular weight excluding hydrogens is 352 g/mol. The van der Waals surface area contributed by atoms with E-state index in [0.717, 1.165) is 36.2 Å². The van der Waals surface area contributed by atoms with Crippen LogP contribution in [-0.2, 0) is 17.6 Å². The lowest BCUT2D eigenvalue weighted by molar-refractivity contribution is -0.132. The van der Waals surface area contributed by atoms with Gasteiger partial charge >= 0.3 is 0 Å². The maximum atomic E-state index is 13.0. The third kappa shape index (κ3) is 3.21. The van der Waals surface area contributed by atoms with E-state index in [4.69, 9.17) is 5.73 Å². The highest BCUT2D eigenvalue weighted by Crippen LogP contribution is 2.33.